The zero-order chi connectivity index (χ0) is 14.4. The van der Waals surface area contributed by atoms with Crippen LogP contribution >= 0.6 is 0 Å². The molecule has 0 aliphatic rings. The molecule has 2 aromatic carbocycles. The van der Waals surface area contributed by atoms with Crippen LogP contribution in [0, 0.1) is 5.82 Å². The number of benzene rings is 2. The number of halogens is 1. The summed E-state index contributed by atoms with van der Waals surface area (Å²) in [7, 11) is 0. The topological polar surface area (TPSA) is 38.7 Å². The zero-order valence-corrected chi connectivity index (χ0v) is 11.3. The van der Waals surface area contributed by atoms with E-state index in [0.717, 1.165) is 5.75 Å². The maximum Gasteiger partial charge on any atom is 0.128 e. The first-order valence-corrected chi connectivity index (χ1v) is 6.45. The summed E-state index contributed by atoms with van der Waals surface area (Å²) in [5, 5.41) is 9.60. The van der Waals surface area contributed by atoms with Gasteiger partial charge in [-0.05, 0) is 31.2 Å². The summed E-state index contributed by atoms with van der Waals surface area (Å²) >= 11 is 0. The van der Waals surface area contributed by atoms with E-state index >= 15 is 0 Å². The maximum absolute atomic E-state index is 13.2. The van der Waals surface area contributed by atoms with Crippen LogP contribution in [0.2, 0.25) is 0 Å². The average molecular weight is 276 g/mol. The van der Waals surface area contributed by atoms with Crippen LogP contribution in [0.25, 0.3) is 0 Å². The van der Waals surface area contributed by atoms with Crippen LogP contribution in [-0.4, -0.2) is 18.3 Å². The van der Waals surface area contributed by atoms with Gasteiger partial charge in [0, 0.05) is 11.6 Å². The Morgan fingerprint density at radius 3 is 2.45 bits per heavy atom. The van der Waals surface area contributed by atoms with Gasteiger partial charge in [-0.25, -0.2) is 4.39 Å². The van der Waals surface area contributed by atoms with Gasteiger partial charge in [-0.3, -0.25) is 0 Å². The van der Waals surface area contributed by atoms with Crippen LogP contribution in [0.4, 0.5) is 4.39 Å². The van der Waals surface area contributed by atoms with Crippen molar-refractivity contribution in [2.45, 2.75) is 13.0 Å². The normalized spacial score (nSPS) is 11.9. The number of para-hydroxylation sites is 1. The Kier molecular flexibility index (Phi) is 4.96. The van der Waals surface area contributed by atoms with Crippen molar-refractivity contribution in [1.82, 2.24) is 0 Å². The lowest BCUT2D eigenvalue weighted by atomic mass is 10.1. The highest BCUT2D eigenvalue weighted by Gasteiger charge is 2.10. The van der Waals surface area contributed by atoms with Crippen LogP contribution in [-0.2, 0) is 0 Å². The average Bonchev–Trinajstić information content (AvgIpc) is 2.44. The molecule has 0 aromatic heterocycles. The van der Waals surface area contributed by atoms with Gasteiger partial charge in [-0.2, -0.15) is 0 Å². The molecule has 20 heavy (non-hydrogen) atoms. The van der Waals surface area contributed by atoms with E-state index in [2.05, 4.69) is 0 Å². The molecule has 0 fully saturated rings. The SMILES string of the molecule is C[C@@H](O)c1ccc(F)cc1OCCOc1ccccc1. The van der Waals surface area contributed by atoms with Gasteiger partial charge >= 0.3 is 0 Å². The van der Waals surface area contributed by atoms with Crippen LogP contribution < -0.4 is 9.47 Å². The van der Waals surface area contributed by atoms with Crippen LogP contribution in [0.5, 0.6) is 11.5 Å². The van der Waals surface area contributed by atoms with Crippen molar-refractivity contribution in [2.75, 3.05) is 13.2 Å². The van der Waals surface area contributed by atoms with Crippen molar-refractivity contribution in [2.24, 2.45) is 0 Å². The molecule has 0 radical (unpaired) electrons. The molecule has 0 bridgehead atoms. The Morgan fingerprint density at radius 2 is 1.75 bits per heavy atom. The fourth-order valence-electron chi connectivity index (χ4n) is 1.81. The summed E-state index contributed by atoms with van der Waals surface area (Å²) < 4.78 is 24.1. The first-order valence-electron chi connectivity index (χ1n) is 6.45. The van der Waals surface area contributed by atoms with Gasteiger partial charge in [0.2, 0.25) is 0 Å². The monoisotopic (exact) mass is 276 g/mol. The predicted molar refractivity (Wildman–Crippen MR) is 74.5 cm³/mol. The third-order valence-corrected chi connectivity index (χ3v) is 2.78. The first-order chi connectivity index (χ1) is 9.66. The van der Waals surface area contributed by atoms with E-state index in [1.54, 1.807) is 6.92 Å². The van der Waals surface area contributed by atoms with Crippen LogP contribution in [0.1, 0.15) is 18.6 Å². The third-order valence-electron chi connectivity index (χ3n) is 2.78. The number of rotatable bonds is 6. The minimum atomic E-state index is -0.708. The van der Waals surface area contributed by atoms with Gasteiger partial charge in [-0.15, -0.1) is 0 Å². The third kappa shape index (κ3) is 3.96. The summed E-state index contributed by atoms with van der Waals surface area (Å²) in [5.74, 6) is 0.705. The van der Waals surface area contributed by atoms with Gasteiger partial charge in [-0.1, -0.05) is 18.2 Å². The highest BCUT2D eigenvalue weighted by molar-refractivity contribution is 5.35. The van der Waals surface area contributed by atoms with E-state index in [9.17, 15) is 9.50 Å². The lowest BCUT2D eigenvalue weighted by molar-refractivity contribution is 0.181. The van der Waals surface area contributed by atoms with Crippen molar-refractivity contribution in [3.63, 3.8) is 0 Å². The molecule has 0 aliphatic carbocycles. The maximum atomic E-state index is 13.2. The smallest absolute Gasteiger partial charge is 0.128 e. The Bertz CT molecular complexity index is 541. The van der Waals surface area contributed by atoms with Crippen LogP contribution in [0.15, 0.2) is 48.5 Å². The molecule has 0 saturated carbocycles. The van der Waals surface area contributed by atoms with Gasteiger partial charge in [0.15, 0.2) is 0 Å². The number of aliphatic hydroxyl groups is 1. The predicted octanol–water partition coefficient (Wildman–Crippen LogP) is 3.34. The molecule has 2 rings (SSSR count). The summed E-state index contributed by atoms with van der Waals surface area (Å²) in [6.07, 6.45) is -0.708. The molecule has 1 atom stereocenters. The molecule has 0 unspecified atom stereocenters. The Hall–Kier alpha value is -2.07. The largest absolute Gasteiger partial charge is 0.490 e. The van der Waals surface area contributed by atoms with Crippen molar-refractivity contribution in [3.8, 4) is 11.5 Å². The van der Waals surface area contributed by atoms with Crippen molar-refractivity contribution in [1.29, 1.82) is 0 Å². The number of hydrogen-bond acceptors (Lipinski definition) is 3. The van der Waals surface area contributed by atoms with Gasteiger partial charge in [0.25, 0.3) is 0 Å². The standard InChI is InChI=1S/C16H17FO3/c1-12(18)15-8-7-13(17)11-16(15)20-10-9-19-14-5-3-2-4-6-14/h2-8,11-12,18H,9-10H2,1H3/t12-/m1/s1. The fourth-order valence-corrected chi connectivity index (χ4v) is 1.81. The fraction of sp³-hybridized carbons (Fsp3) is 0.250. The Balaban J connectivity index is 1.89. The molecule has 1 N–H and O–H groups in total. The summed E-state index contributed by atoms with van der Waals surface area (Å²) in [6.45, 7) is 2.23. The molecule has 4 heteroatoms. The summed E-state index contributed by atoms with van der Waals surface area (Å²) in [5.41, 5.74) is 0.561. The zero-order valence-electron chi connectivity index (χ0n) is 11.3. The minimum absolute atomic E-state index is 0.276. The molecular formula is C16H17FO3. The van der Waals surface area contributed by atoms with E-state index in [0.29, 0.717) is 17.9 Å². The molecule has 0 amide bonds. The van der Waals surface area contributed by atoms with Gasteiger partial charge in [0.1, 0.15) is 30.5 Å². The van der Waals surface area contributed by atoms with E-state index < -0.39 is 11.9 Å². The van der Waals surface area contributed by atoms with Crippen LogP contribution in [0.3, 0.4) is 0 Å². The molecule has 0 saturated heterocycles. The molecule has 2 aromatic rings. The summed E-state index contributed by atoms with van der Waals surface area (Å²) in [6, 6.07) is 13.5. The number of hydrogen-bond donors (Lipinski definition) is 1. The summed E-state index contributed by atoms with van der Waals surface area (Å²) in [4.78, 5) is 0. The molecule has 0 spiro atoms. The highest BCUT2D eigenvalue weighted by atomic mass is 19.1. The van der Waals surface area contributed by atoms with E-state index in [4.69, 9.17) is 9.47 Å². The molecule has 106 valence electrons. The molecule has 0 aliphatic heterocycles. The quantitative estimate of drug-likeness (QED) is 0.822. The second-order valence-electron chi connectivity index (χ2n) is 4.37. The second-order valence-corrected chi connectivity index (χ2v) is 4.37. The van der Waals surface area contributed by atoms with E-state index in [-0.39, 0.29) is 6.61 Å². The number of ether oxygens (including phenoxy) is 2. The minimum Gasteiger partial charge on any atom is -0.490 e. The molecular weight excluding hydrogens is 259 g/mol. The van der Waals surface area contributed by atoms with E-state index in [1.165, 1.54) is 18.2 Å². The van der Waals surface area contributed by atoms with Crippen molar-refractivity contribution >= 4 is 0 Å². The Labute approximate surface area is 117 Å². The van der Waals surface area contributed by atoms with Gasteiger partial charge < -0.3 is 14.6 Å². The molecule has 0 heterocycles. The van der Waals surface area contributed by atoms with Crippen molar-refractivity contribution < 1.29 is 19.0 Å². The lowest BCUT2D eigenvalue weighted by Gasteiger charge is -2.14. The first kappa shape index (κ1) is 14.3. The van der Waals surface area contributed by atoms with E-state index in [1.807, 2.05) is 30.3 Å². The second kappa shape index (κ2) is 6.91. The molecule has 3 nitrogen and oxygen atoms in total. The van der Waals surface area contributed by atoms with Crippen molar-refractivity contribution in [3.05, 3.63) is 59.9 Å². The highest BCUT2D eigenvalue weighted by Crippen LogP contribution is 2.25. The number of aliphatic hydroxyl groups excluding tert-OH is 1. The van der Waals surface area contributed by atoms with Gasteiger partial charge in [0.05, 0.1) is 6.10 Å². The Morgan fingerprint density at radius 1 is 1.05 bits per heavy atom. The lowest BCUT2D eigenvalue weighted by Crippen LogP contribution is -2.10.